The number of rotatable bonds is 3. The standard InChI is InChI=1S/C17H16Br2O/c18-11-12-5-8-17(16(19)9-12)20-15-7-6-13-3-1-2-4-14(13)10-15/h5-10H,1-4,11H2. The monoisotopic (exact) mass is 394 g/mol. The first-order chi connectivity index (χ1) is 9.76. The van der Waals surface area contributed by atoms with Crippen molar-refractivity contribution >= 4 is 31.9 Å². The lowest BCUT2D eigenvalue weighted by molar-refractivity contribution is 0.477. The van der Waals surface area contributed by atoms with Crippen molar-refractivity contribution in [3.8, 4) is 11.5 Å². The highest BCUT2D eigenvalue weighted by Gasteiger charge is 2.11. The van der Waals surface area contributed by atoms with Crippen LogP contribution in [0.5, 0.6) is 11.5 Å². The number of aryl methyl sites for hydroxylation is 2. The SMILES string of the molecule is BrCc1ccc(Oc2ccc3c(c2)CCCC3)c(Br)c1. The van der Waals surface area contributed by atoms with Gasteiger partial charge in [-0.15, -0.1) is 0 Å². The number of fused-ring (bicyclic) bond motifs is 1. The van der Waals surface area contributed by atoms with Gasteiger partial charge in [0.1, 0.15) is 11.5 Å². The minimum Gasteiger partial charge on any atom is -0.456 e. The topological polar surface area (TPSA) is 9.23 Å². The fourth-order valence-corrected chi connectivity index (χ4v) is 3.47. The van der Waals surface area contributed by atoms with E-state index < -0.39 is 0 Å². The average molecular weight is 396 g/mol. The van der Waals surface area contributed by atoms with Crippen molar-refractivity contribution in [1.82, 2.24) is 0 Å². The molecule has 20 heavy (non-hydrogen) atoms. The number of hydrogen-bond acceptors (Lipinski definition) is 1. The molecular weight excluding hydrogens is 380 g/mol. The molecule has 0 bridgehead atoms. The Morgan fingerprint density at radius 2 is 1.75 bits per heavy atom. The van der Waals surface area contributed by atoms with Gasteiger partial charge in [-0.2, -0.15) is 0 Å². The molecule has 0 atom stereocenters. The zero-order chi connectivity index (χ0) is 13.9. The van der Waals surface area contributed by atoms with Crippen molar-refractivity contribution in [1.29, 1.82) is 0 Å². The molecule has 104 valence electrons. The van der Waals surface area contributed by atoms with Crippen molar-refractivity contribution in [2.24, 2.45) is 0 Å². The molecule has 2 aromatic carbocycles. The molecule has 1 aliphatic rings. The van der Waals surface area contributed by atoms with Crippen molar-refractivity contribution in [2.75, 3.05) is 0 Å². The minimum atomic E-state index is 0.852. The van der Waals surface area contributed by atoms with Gasteiger partial charge in [-0.05, 0) is 82.6 Å². The van der Waals surface area contributed by atoms with Gasteiger partial charge >= 0.3 is 0 Å². The molecule has 0 saturated heterocycles. The van der Waals surface area contributed by atoms with Crippen LogP contribution < -0.4 is 4.74 Å². The van der Waals surface area contributed by atoms with Crippen molar-refractivity contribution in [3.05, 3.63) is 57.6 Å². The number of ether oxygens (including phenoxy) is 1. The minimum absolute atomic E-state index is 0.852. The van der Waals surface area contributed by atoms with E-state index in [0.717, 1.165) is 21.3 Å². The summed E-state index contributed by atoms with van der Waals surface area (Å²) in [6.45, 7) is 0. The van der Waals surface area contributed by atoms with Gasteiger partial charge in [-0.3, -0.25) is 0 Å². The maximum Gasteiger partial charge on any atom is 0.141 e. The van der Waals surface area contributed by atoms with Gasteiger partial charge in [-0.25, -0.2) is 0 Å². The molecule has 0 saturated carbocycles. The van der Waals surface area contributed by atoms with E-state index in [1.54, 1.807) is 0 Å². The number of benzene rings is 2. The fourth-order valence-electron chi connectivity index (χ4n) is 2.61. The first-order valence-corrected chi connectivity index (χ1v) is 8.82. The molecule has 0 aliphatic heterocycles. The predicted octanol–water partition coefficient (Wildman–Crippen LogP) is 6.02. The summed E-state index contributed by atoms with van der Waals surface area (Å²) >= 11 is 7.04. The molecule has 1 nitrogen and oxygen atoms in total. The lowest BCUT2D eigenvalue weighted by Gasteiger charge is -2.17. The van der Waals surface area contributed by atoms with Gasteiger partial charge in [0.05, 0.1) is 4.47 Å². The van der Waals surface area contributed by atoms with Crippen LogP contribution in [0.3, 0.4) is 0 Å². The Kier molecular flexibility index (Phi) is 4.47. The third-order valence-corrected chi connectivity index (χ3v) is 4.97. The van der Waals surface area contributed by atoms with Crippen LogP contribution in [0, 0.1) is 0 Å². The quantitative estimate of drug-likeness (QED) is 0.577. The second-order valence-corrected chi connectivity index (χ2v) is 6.55. The summed E-state index contributed by atoms with van der Waals surface area (Å²) in [6, 6.07) is 12.7. The molecule has 0 heterocycles. The Balaban J connectivity index is 1.84. The Labute approximate surface area is 136 Å². The highest BCUT2D eigenvalue weighted by molar-refractivity contribution is 9.10. The van der Waals surface area contributed by atoms with E-state index in [9.17, 15) is 0 Å². The maximum atomic E-state index is 6.01. The van der Waals surface area contributed by atoms with Crippen LogP contribution in [0.2, 0.25) is 0 Å². The van der Waals surface area contributed by atoms with E-state index in [1.807, 2.05) is 6.07 Å². The summed E-state index contributed by atoms with van der Waals surface area (Å²) < 4.78 is 7.01. The Morgan fingerprint density at radius 1 is 0.950 bits per heavy atom. The zero-order valence-corrected chi connectivity index (χ0v) is 14.3. The smallest absolute Gasteiger partial charge is 0.141 e. The Bertz CT molecular complexity index is 622. The van der Waals surface area contributed by atoms with Gasteiger partial charge in [-0.1, -0.05) is 28.1 Å². The van der Waals surface area contributed by atoms with Crippen molar-refractivity contribution in [3.63, 3.8) is 0 Å². The molecule has 0 fully saturated rings. The van der Waals surface area contributed by atoms with Crippen LogP contribution in [0.15, 0.2) is 40.9 Å². The summed E-state index contributed by atoms with van der Waals surface area (Å²) in [4.78, 5) is 0. The van der Waals surface area contributed by atoms with Crippen LogP contribution in [-0.4, -0.2) is 0 Å². The Morgan fingerprint density at radius 3 is 2.50 bits per heavy atom. The molecule has 0 amide bonds. The molecule has 2 aromatic rings. The van der Waals surface area contributed by atoms with Gasteiger partial charge in [0, 0.05) is 5.33 Å². The van der Waals surface area contributed by atoms with Crippen LogP contribution in [0.4, 0.5) is 0 Å². The normalized spacial score (nSPS) is 13.9. The van der Waals surface area contributed by atoms with Crippen LogP contribution in [0.25, 0.3) is 0 Å². The van der Waals surface area contributed by atoms with Gasteiger partial charge in [0.2, 0.25) is 0 Å². The second kappa shape index (κ2) is 6.31. The lowest BCUT2D eigenvalue weighted by atomic mass is 9.92. The van der Waals surface area contributed by atoms with E-state index in [1.165, 1.54) is 42.4 Å². The molecule has 1 aliphatic carbocycles. The summed E-state index contributed by atoms with van der Waals surface area (Å²) in [6.07, 6.45) is 4.99. The third kappa shape index (κ3) is 3.09. The maximum absolute atomic E-state index is 6.01. The van der Waals surface area contributed by atoms with E-state index in [4.69, 9.17) is 4.74 Å². The fraction of sp³-hybridized carbons (Fsp3) is 0.294. The van der Waals surface area contributed by atoms with Crippen molar-refractivity contribution in [2.45, 2.75) is 31.0 Å². The van der Waals surface area contributed by atoms with E-state index >= 15 is 0 Å². The van der Waals surface area contributed by atoms with Crippen LogP contribution in [-0.2, 0) is 18.2 Å². The van der Waals surface area contributed by atoms with E-state index in [-0.39, 0.29) is 0 Å². The van der Waals surface area contributed by atoms with E-state index in [0.29, 0.717) is 0 Å². The molecule has 0 unspecified atom stereocenters. The zero-order valence-electron chi connectivity index (χ0n) is 11.2. The highest BCUT2D eigenvalue weighted by Crippen LogP contribution is 2.33. The summed E-state index contributed by atoms with van der Waals surface area (Å²) in [5.74, 6) is 1.79. The van der Waals surface area contributed by atoms with Gasteiger partial charge in [0.15, 0.2) is 0 Å². The summed E-state index contributed by atoms with van der Waals surface area (Å²) in [7, 11) is 0. The van der Waals surface area contributed by atoms with Crippen LogP contribution >= 0.6 is 31.9 Å². The first-order valence-electron chi connectivity index (χ1n) is 6.90. The van der Waals surface area contributed by atoms with Gasteiger partial charge < -0.3 is 4.74 Å². The summed E-state index contributed by atoms with van der Waals surface area (Å²) in [5.41, 5.74) is 4.16. The van der Waals surface area contributed by atoms with Crippen LogP contribution in [0.1, 0.15) is 29.5 Å². The highest BCUT2D eigenvalue weighted by atomic mass is 79.9. The summed E-state index contributed by atoms with van der Waals surface area (Å²) in [5, 5.41) is 0.852. The predicted molar refractivity (Wildman–Crippen MR) is 89.9 cm³/mol. The van der Waals surface area contributed by atoms with Gasteiger partial charge in [0.25, 0.3) is 0 Å². The largest absolute Gasteiger partial charge is 0.456 e. The molecule has 0 aromatic heterocycles. The Hall–Kier alpha value is -0.800. The van der Waals surface area contributed by atoms with Crippen molar-refractivity contribution < 1.29 is 4.74 Å². The average Bonchev–Trinajstić information content (AvgIpc) is 2.49. The second-order valence-electron chi connectivity index (χ2n) is 5.14. The third-order valence-electron chi connectivity index (χ3n) is 3.70. The first kappa shape index (κ1) is 14.2. The number of alkyl halides is 1. The number of hydrogen-bond donors (Lipinski definition) is 0. The van der Waals surface area contributed by atoms with E-state index in [2.05, 4.69) is 62.2 Å². The molecule has 0 radical (unpaired) electrons. The lowest BCUT2D eigenvalue weighted by Crippen LogP contribution is -2.02. The molecular formula is C17H16Br2O. The molecule has 0 N–H and O–H groups in total. The number of halogens is 2. The molecule has 3 heteroatoms. The molecule has 3 rings (SSSR count). The molecule has 0 spiro atoms.